The van der Waals surface area contributed by atoms with Crippen LogP contribution in [0.1, 0.15) is 15.9 Å². The number of anilines is 1. The van der Waals surface area contributed by atoms with Crippen LogP contribution in [0.4, 0.5) is 5.69 Å². The van der Waals surface area contributed by atoms with E-state index in [1.54, 1.807) is 24.3 Å². The number of morpholine rings is 1. The van der Waals surface area contributed by atoms with Crippen LogP contribution in [-0.4, -0.2) is 50.0 Å². The molecule has 2 aromatic carbocycles. The number of ether oxygens (including phenoxy) is 1. The molecule has 2 aromatic rings. The summed E-state index contributed by atoms with van der Waals surface area (Å²) < 4.78 is 32.2. The van der Waals surface area contributed by atoms with Gasteiger partial charge in [-0.15, -0.1) is 0 Å². The summed E-state index contributed by atoms with van der Waals surface area (Å²) >= 11 is 6.11. The summed E-state index contributed by atoms with van der Waals surface area (Å²) in [4.78, 5) is 12.4. The number of carbonyl (C=O) groups is 1. The van der Waals surface area contributed by atoms with Gasteiger partial charge in [0.15, 0.2) is 0 Å². The summed E-state index contributed by atoms with van der Waals surface area (Å²) in [6.45, 7) is 0.967. The molecule has 0 bridgehead atoms. The van der Waals surface area contributed by atoms with Gasteiger partial charge >= 0.3 is 0 Å². The number of carbonyl (C=O) groups excluding carboxylic acids is 1. The highest BCUT2D eigenvalue weighted by molar-refractivity contribution is 7.89. The second-order valence-corrected chi connectivity index (χ2v) is 8.29. The first-order valence-electron chi connectivity index (χ1n) is 8.30. The van der Waals surface area contributed by atoms with Crippen LogP contribution in [0.25, 0.3) is 0 Å². The van der Waals surface area contributed by atoms with Gasteiger partial charge in [0.2, 0.25) is 10.0 Å². The van der Waals surface area contributed by atoms with Gasteiger partial charge in [0.1, 0.15) is 4.90 Å². The van der Waals surface area contributed by atoms with Gasteiger partial charge < -0.3 is 15.2 Å². The van der Waals surface area contributed by atoms with E-state index in [1.807, 2.05) is 0 Å². The average Bonchev–Trinajstić information content (AvgIpc) is 2.69. The van der Waals surface area contributed by atoms with Crippen LogP contribution in [0.2, 0.25) is 5.02 Å². The molecule has 1 saturated heterocycles. The minimum absolute atomic E-state index is 0.0559. The third kappa shape index (κ3) is 4.48. The van der Waals surface area contributed by atoms with Gasteiger partial charge in [0.25, 0.3) is 5.91 Å². The zero-order valence-corrected chi connectivity index (χ0v) is 16.0. The number of aliphatic hydroxyl groups is 1. The van der Waals surface area contributed by atoms with Crippen molar-refractivity contribution in [3.05, 3.63) is 58.6 Å². The zero-order valence-electron chi connectivity index (χ0n) is 14.4. The fraction of sp³-hybridized carbons (Fsp3) is 0.278. The second-order valence-electron chi connectivity index (χ2n) is 5.97. The smallest absolute Gasteiger partial charge is 0.255 e. The van der Waals surface area contributed by atoms with Crippen molar-refractivity contribution in [1.82, 2.24) is 4.31 Å². The fourth-order valence-corrected chi connectivity index (χ4v) is 4.63. The summed E-state index contributed by atoms with van der Waals surface area (Å²) in [5.74, 6) is -0.472. The molecule has 0 saturated carbocycles. The lowest BCUT2D eigenvalue weighted by atomic mass is 10.2. The van der Waals surface area contributed by atoms with E-state index in [2.05, 4.69) is 5.32 Å². The van der Waals surface area contributed by atoms with Gasteiger partial charge in [0, 0.05) is 24.3 Å². The minimum Gasteiger partial charge on any atom is -0.392 e. The van der Waals surface area contributed by atoms with Crippen molar-refractivity contribution in [2.24, 2.45) is 0 Å². The monoisotopic (exact) mass is 410 g/mol. The Morgan fingerprint density at radius 2 is 1.93 bits per heavy atom. The molecule has 0 radical (unpaired) electrons. The Balaban J connectivity index is 1.87. The average molecular weight is 411 g/mol. The van der Waals surface area contributed by atoms with Crippen LogP contribution in [0.5, 0.6) is 0 Å². The molecule has 0 atom stereocenters. The molecule has 7 nitrogen and oxygen atoms in total. The van der Waals surface area contributed by atoms with Crippen LogP contribution >= 0.6 is 11.6 Å². The second kappa shape index (κ2) is 8.37. The Morgan fingerprint density at radius 3 is 2.63 bits per heavy atom. The van der Waals surface area contributed by atoms with Crippen molar-refractivity contribution < 1.29 is 23.1 Å². The van der Waals surface area contributed by atoms with Crippen LogP contribution < -0.4 is 5.32 Å². The molecule has 1 heterocycles. The van der Waals surface area contributed by atoms with Crippen molar-refractivity contribution >= 4 is 33.2 Å². The topological polar surface area (TPSA) is 95.9 Å². The number of rotatable bonds is 5. The largest absolute Gasteiger partial charge is 0.392 e. The number of hydrogen-bond acceptors (Lipinski definition) is 5. The molecule has 1 aliphatic rings. The number of nitrogens with zero attached hydrogens (tertiary/aromatic N) is 1. The fourth-order valence-electron chi connectivity index (χ4n) is 2.72. The number of halogens is 1. The first kappa shape index (κ1) is 19.8. The van der Waals surface area contributed by atoms with Crippen LogP contribution in [0.15, 0.2) is 47.4 Å². The number of nitrogens with one attached hydrogen (secondary N) is 1. The maximum atomic E-state index is 12.9. The molecular formula is C18H19ClN2O5S. The molecule has 1 aliphatic heterocycles. The van der Waals surface area contributed by atoms with Crippen molar-refractivity contribution in [3.8, 4) is 0 Å². The lowest BCUT2D eigenvalue weighted by Gasteiger charge is -2.26. The van der Waals surface area contributed by atoms with Gasteiger partial charge in [-0.25, -0.2) is 8.42 Å². The first-order chi connectivity index (χ1) is 12.9. The number of sulfonamides is 1. The van der Waals surface area contributed by atoms with E-state index in [4.69, 9.17) is 16.3 Å². The van der Waals surface area contributed by atoms with Gasteiger partial charge in [-0.2, -0.15) is 4.31 Å². The molecule has 3 rings (SSSR count). The first-order valence-corrected chi connectivity index (χ1v) is 10.1. The highest BCUT2D eigenvalue weighted by atomic mass is 35.5. The lowest BCUT2D eigenvalue weighted by Crippen LogP contribution is -2.40. The Bertz CT molecular complexity index is 943. The van der Waals surface area contributed by atoms with Crippen molar-refractivity contribution in [2.75, 3.05) is 31.6 Å². The standard InChI is InChI=1S/C18H19ClN2O5S/c19-16-5-4-14(18(23)20-15-3-1-2-13(10-15)12-22)11-17(16)27(24,25)21-6-8-26-9-7-21/h1-5,10-11,22H,6-9,12H2,(H,20,23). The number of benzene rings is 2. The Labute approximate surface area is 162 Å². The van der Waals surface area contributed by atoms with E-state index in [-0.39, 0.29) is 35.2 Å². The zero-order chi connectivity index (χ0) is 19.4. The Morgan fingerprint density at radius 1 is 1.19 bits per heavy atom. The Hall–Kier alpha value is -1.97. The maximum Gasteiger partial charge on any atom is 0.255 e. The van der Waals surface area contributed by atoms with Gasteiger partial charge in [-0.05, 0) is 35.9 Å². The highest BCUT2D eigenvalue weighted by Gasteiger charge is 2.29. The third-order valence-corrected chi connectivity index (χ3v) is 6.53. The molecular weight excluding hydrogens is 392 g/mol. The van der Waals surface area contributed by atoms with E-state index in [0.717, 1.165) is 0 Å². The van der Waals surface area contributed by atoms with Crippen molar-refractivity contribution in [2.45, 2.75) is 11.5 Å². The van der Waals surface area contributed by atoms with Crippen LogP contribution in [-0.2, 0) is 21.4 Å². The van der Waals surface area contributed by atoms with E-state index < -0.39 is 15.9 Å². The van der Waals surface area contributed by atoms with E-state index in [9.17, 15) is 18.3 Å². The SMILES string of the molecule is O=C(Nc1cccc(CO)c1)c1ccc(Cl)c(S(=O)(=O)N2CCOCC2)c1. The van der Waals surface area contributed by atoms with Gasteiger partial charge in [0.05, 0.1) is 24.8 Å². The van der Waals surface area contributed by atoms with E-state index >= 15 is 0 Å². The van der Waals surface area contributed by atoms with Crippen molar-refractivity contribution in [3.63, 3.8) is 0 Å². The molecule has 144 valence electrons. The molecule has 0 aliphatic carbocycles. The molecule has 9 heteroatoms. The molecule has 2 N–H and O–H groups in total. The van der Waals surface area contributed by atoms with Crippen molar-refractivity contribution in [1.29, 1.82) is 0 Å². The minimum atomic E-state index is -3.82. The molecule has 0 unspecified atom stereocenters. The lowest BCUT2D eigenvalue weighted by molar-refractivity contribution is 0.0730. The van der Waals surface area contributed by atoms with E-state index in [1.165, 1.54) is 22.5 Å². The summed E-state index contributed by atoms with van der Waals surface area (Å²) in [5, 5.41) is 11.9. The molecule has 1 amide bonds. The third-order valence-electron chi connectivity index (χ3n) is 4.15. The predicted molar refractivity (Wildman–Crippen MR) is 101 cm³/mol. The Kier molecular flexibility index (Phi) is 6.13. The summed E-state index contributed by atoms with van der Waals surface area (Å²) in [6, 6.07) is 10.9. The quantitative estimate of drug-likeness (QED) is 0.787. The molecule has 27 heavy (non-hydrogen) atoms. The van der Waals surface area contributed by atoms with Crippen LogP contribution in [0, 0.1) is 0 Å². The van der Waals surface area contributed by atoms with E-state index in [0.29, 0.717) is 24.5 Å². The van der Waals surface area contributed by atoms with Gasteiger partial charge in [-0.1, -0.05) is 23.7 Å². The predicted octanol–water partition coefficient (Wildman–Crippen LogP) is 2.11. The number of amides is 1. The highest BCUT2D eigenvalue weighted by Crippen LogP contribution is 2.27. The molecule has 0 aromatic heterocycles. The van der Waals surface area contributed by atoms with Gasteiger partial charge in [-0.3, -0.25) is 4.79 Å². The normalized spacial score (nSPS) is 15.5. The summed E-state index contributed by atoms with van der Waals surface area (Å²) in [7, 11) is -3.82. The van der Waals surface area contributed by atoms with Crippen LogP contribution in [0.3, 0.4) is 0 Å². The molecule has 0 spiro atoms. The summed E-state index contributed by atoms with van der Waals surface area (Å²) in [5.41, 5.74) is 1.32. The number of hydrogen-bond donors (Lipinski definition) is 2. The maximum absolute atomic E-state index is 12.9. The molecule has 1 fully saturated rings. The number of aliphatic hydroxyl groups excluding tert-OH is 1. The summed E-state index contributed by atoms with van der Waals surface area (Å²) in [6.07, 6.45) is 0.